The molecule has 0 heterocycles. The van der Waals surface area contributed by atoms with Crippen LogP contribution in [0, 0.1) is 6.92 Å². The minimum absolute atomic E-state index is 0.00759. The van der Waals surface area contributed by atoms with E-state index < -0.39 is 28.5 Å². The molecule has 3 aromatic carbocycles. The summed E-state index contributed by atoms with van der Waals surface area (Å²) in [6, 6.07) is 20.2. The summed E-state index contributed by atoms with van der Waals surface area (Å²) < 4.78 is 26.9. The molecular weight excluding hydrogens is 557 g/mol. The van der Waals surface area contributed by atoms with Crippen LogP contribution in [-0.2, 0) is 32.6 Å². The van der Waals surface area contributed by atoms with E-state index >= 15 is 0 Å². The maximum Gasteiger partial charge on any atom is 0.244 e. The fraction of sp³-hybridized carbons (Fsp3) is 0.310. The number of benzene rings is 3. The molecule has 3 aromatic rings. The summed E-state index contributed by atoms with van der Waals surface area (Å²) in [7, 11) is -3.89. The minimum Gasteiger partial charge on any atom is -0.352 e. The van der Waals surface area contributed by atoms with Crippen LogP contribution in [0.5, 0.6) is 0 Å². The lowest BCUT2D eigenvalue weighted by Crippen LogP contribution is -2.54. The molecule has 1 atom stereocenters. The Balaban J connectivity index is 2.09. The summed E-state index contributed by atoms with van der Waals surface area (Å²) >= 11 is 12.7. The lowest BCUT2D eigenvalue weighted by Gasteiger charge is -2.34. The molecule has 1 N–H and O–H groups in total. The van der Waals surface area contributed by atoms with E-state index in [1.807, 2.05) is 44.2 Å². The predicted molar refractivity (Wildman–Crippen MR) is 158 cm³/mol. The second kappa shape index (κ2) is 13.3. The molecule has 0 aliphatic rings. The maximum atomic E-state index is 14.1. The Bertz CT molecular complexity index is 1420. The first-order chi connectivity index (χ1) is 18.4. The first-order valence-electron chi connectivity index (χ1n) is 12.5. The van der Waals surface area contributed by atoms with Gasteiger partial charge in [0.25, 0.3) is 0 Å². The van der Waals surface area contributed by atoms with Crippen molar-refractivity contribution in [2.24, 2.45) is 0 Å². The minimum atomic E-state index is -3.89. The summed E-state index contributed by atoms with van der Waals surface area (Å²) in [5, 5.41) is 3.72. The van der Waals surface area contributed by atoms with Crippen molar-refractivity contribution < 1.29 is 18.0 Å². The Morgan fingerprint density at radius 1 is 0.897 bits per heavy atom. The molecule has 0 unspecified atom stereocenters. The Kier molecular flexibility index (Phi) is 10.4. The van der Waals surface area contributed by atoms with Crippen molar-refractivity contribution in [3.05, 3.63) is 99.5 Å². The van der Waals surface area contributed by atoms with E-state index in [1.54, 1.807) is 49.4 Å². The van der Waals surface area contributed by atoms with Crippen LogP contribution in [0.4, 0.5) is 5.69 Å². The Morgan fingerprint density at radius 2 is 1.51 bits per heavy atom. The van der Waals surface area contributed by atoms with Gasteiger partial charge in [0.2, 0.25) is 21.8 Å². The number of anilines is 1. The normalized spacial score (nSPS) is 12.2. The Hall–Kier alpha value is -3.07. The topological polar surface area (TPSA) is 86.8 Å². The van der Waals surface area contributed by atoms with Crippen molar-refractivity contribution in [1.29, 1.82) is 0 Å². The molecule has 10 heteroatoms. The Labute approximate surface area is 240 Å². The van der Waals surface area contributed by atoms with Gasteiger partial charge in [0, 0.05) is 29.1 Å². The van der Waals surface area contributed by atoms with Crippen LogP contribution in [-0.4, -0.2) is 50.0 Å². The predicted octanol–water partition coefficient (Wildman–Crippen LogP) is 5.23. The van der Waals surface area contributed by atoms with E-state index in [0.717, 1.165) is 16.1 Å². The lowest BCUT2D eigenvalue weighted by molar-refractivity contribution is -0.140. The third-order valence-electron chi connectivity index (χ3n) is 6.19. The highest BCUT2D eigenvalue weighted by Crippen LogP contribution is 2.29. The smallest absolute Gasteiger partial charge is 0.244 e. The van der Waals surface area contributed by atoms with Gasteiger partial charge in [-0.25, -0.2) is 8.42 Å². The number of nitrogens with one attached hydrogen (secondary N) is 1. The second-order valence-electron chi connectivity index (χ2n) is 9.64. The van der Waals surface area contributed by atoms with Gasteiger partial charge in [-0.3, -0.25) is 13.9 Å². The number of rotatable bonds is 11. The van der Waals surface area contributed by atoms with E-state index in [-0.39, 0.29) is 24.9 Å². The van der Waals surface area contributed by atoms with Gasteiger partial charge >= 0.3 is 0 Å². The molecule has 0 aliphatic carbocycles. The maximum absolute atomic E-state index is 14.1. The van der Waals surface area contributed by atoms with Crippen LogP contribution in [0.2, 0.25) is 10.0 Å². The van der Waals surface area contributed by atoms with Gasteiger partial charge in [-0.15, -0.1) is 0 Å². The van der Waals surface area contributed by atoms with Gasteiger partial charge < -0.3 is 10.2 Å². The highest BCUT2D eigenvalue weighted by atomic mass is 35.5. The molecule has 0 aromatic heterocycles. The summed E-state index contributed by atoms with van der Waals surface area (Å²) in [5.74, 6) is -0.904. The van der Waals surface area contributed by atoms with Crippen molar-refractivity contribution in [3.8, 4) is 0 Å². The van der Waals surface area contributed by atoms with E-state index in [1.165, 1.54) is 4.90 Å². The van der Waals surface area contributed by atoms with Crippen LogP contribution < -0.4 is 9.62 Å². The summed E-state index contributed by atoms with van der Waals surface area (Å²) in [6.45, 7) is 4.85. The average molecular weight is 591 g/mol. The molecular formula is C29H33Cl2N3O4S. The monoisotopic (exact) mass is 589 g/mol. The molecule has 7 nitrogen and oxygen atoms in total. The van der Waals surface area contributed by atoms with E-state index in [0.29, 0.717) is 26.9 Å². The van der Waals surface area contributed by atoms with Gasteiger partial charge in [-0.05, 0) is 55.7 Å². The number of carbonyl (C=O) groups is 2. The van der Waals surface area contributed by atoms with Crippen LogP contribution in [0.1, 0.15) is 30.5 Å². The largest absolute Gasteiger partial charge is 0.352 e. The van der Waals surface area contributed by atoms with Crippen LogP contribution >= 0.6 is 23.2 Å². The molecule has 0 saturated heterocycles. The van der Waals surface area contributed by atoms with Crippen molar-refractivity contribution in [3.63, 3.8) is 0 Å². The van der Waals surface area contributed by atoms with Crippen molar-refractivity contribution >= 4 is 50.7 Å². The molecule has 0 bridgehead atoms. The third kappa shape index (κ3) is 8.21. The van der Waals surface area contributed by atoms with Crippen molar-refractivity contribution in [1.82, 2.24) is 10.2 Å². The van der Waals surface area contributed by atoms with Crippen LogP contribution in [0.15, 0.2) is 72.8 Å². The molecule has 0 fully saturated rings. The zero-order valence-corrected chi connectivity index (χ0v) is 24.7. The average Bonchev–Trinajstić information content (AvgIpc) is 2.87. The molecule has 2 amide bonds. The van der Waals surface area contributed by atoms with Gasteiger partial charge in [0.1, 0.15) is 12.6 Å². The quantitative estimate of drug-likeness (QED) is 0.331. The Morgan fingerprint density at radius 3 is 2.13 bits per heavy atom. The van der Waals surface area contributed by atoms with E-state index in [9.17, 15) is 18.0 Å². The van der Waals surface area contributed by atoms with Crippen LogP contribution in [0.25, 0.3) is 0 Å². The number of carbonyl (C=O) groups excluding carboxylic acids is 2. The second-order valence-corrected chi connectivity index (χ2v) is 12.4. The first kappa shape index (κ1) is 30.5. The van der Waals surface area contributed by atoms with Gasteiger partial charge in [-0.2, -0.15) is 0 Å². The number of halogens is 2. The molecule has 0 aliphatic heterocycles. The first-order valence-corrected chi connectivity index (χ1v) is 15.1. The lowest BCUT2D eigenvalue weighted by atomic mass is 10.0. The molecule has 3 rings (SSSR count). The number of hydrogen-bond acceptors (Lipinski definition) is 4. The number of sulfonamides is 1. The summed E-state index contributed by atoms with van der Waals surface area (Å²) in [5.41, 5.74) is 2.30. The highest BCUT2D eigenvalue weighted by molar-refractivity contribution is 7.92. The van der Waals surface area contributed by atoms with Crippen molar-refractivity contribution in [2.75, 3.05) is 17.1 Å². The molecule has 0 saturated carbocycles. The summed E-state index contributed by atoms with van der Waals surface area (Å²) in [4.78, 5) is 29.0. The number of nitrogens with zero attached hydrogens (tertiary/aromatic N) is 2. The van der Waals surface area contributed by atoms with Gasteiger partial charge in [0.15, 0.2) is 0 Å². The van der Waals surface area contributed by atoms with Crippen LogP contribution in [0.3, 0.4) is 0 Å². The van der Waals surface area contributed by atoms with Gasteiger partial charge in [0.05, 0.1) is 11.9 Å². The third-order valence-corrected chi connectivity index (χ3v) is 8.09. The van der Waals surface area contributed by atoms with Crippen molar-refractivity contribution in [2.45, 2.75) is 45.8 Å². The highest BCUT2D eigenvalue weighted by Gasteiger charge is 2.34. The molecule has 0 radical (unpaired) electrons. The van der Waals surface area contributed by atoms with Gasteiger partial charge in [-0.1, -0.05) is 77.8 Å². The molecule has 0 spiro atoms. The number of amides is 2. The summed E-state index contributed by atoms with van der Waals surface area (Å²) in [6.07, 6.45) is 1.26. The molecule has 208 valence electrons. The fourth-order valence-electron chi connectivity index (χ4n) is 4.21. The number of hydrogen-bond donors (Lipinski definition) is 1. The SMILES string of the molecule is Cc1c(Cl)cccc1N(CC(=O)N(Cc1ccccc1Cl)[C@@H](Cc1ccccc1)C(=O)NC(C)C)S(C)(=O)=O. The standard InChI is InChI=1S/C29H33Cl2N3O4S/c1-20(2)32-29(36)27(17-22-11-6-5-7-12-22)33(18-23-13-8-9-14-25(23)31)28(35)19-34(39(4,37)38)26-16-10-15-24(30)21(26)3/h5-16,20,27H,17-19H2,1-4H3,(H,32,36)/t27-/m0/s1. The zero-order chi connectivity index (χ0) is 28.7. The van der Waals surface area contributed by atoms with E-state index in [4.69, 9.17) is 23.2 Å². The van der Waals surface area contributed by atoms with E-state index in [2.05, 4.69) is 5.32 Å². The fourth-order valence-corrected chi connectivity index (χ4v) is 5.47. The molecule has 39 heavy (non-hydrogen) atoms. The zero-order valence-electron chi connectivity index (χ0n) is 22.4.